The molecule has 3 aliphatic heterocycles. The van der Waals surface area contributed by atoms with E-state index < -0.39 is 35.5 Å². The normalized spacial score (nSPS) is 26.9. The smallest absolute Gasteiger partial charge is 0.416 e. The number of cyclic esters (lactones) is 1. The van der Waals surface area contributed by atoms with Crippen LogP contribution in [0, 0.1) is 0 Å². The number of hydrogen-bond acceptors (Lipinski definition) is 7. The van der Waals surface area contributed by atoms with E-state index in [0.29, 0.717) is 18.6 Å². The Bertz CT molecular complexity index is 800. The van der Waals surface area contributed by atoms with Gasteiger partial charge in [0, 0.05) is 12.2 Å². The third kappa shape index (κ3) is 2.95. The number of esters is 1. The molecule has 3 saturated heterocycles. The van der Waals surface area contributed by atoms with Crippen molar-refractivity contribution < 1.29 is 28.7 Å². The third-order valence-electron chi connectivity index (χ3n) is 5.02. The minimum Gasteiger partial charge on any atom is -0.454 e. The average molecular weight is 390 g/mol. The maximum atomic E-state index is 12.6. The lowest BCUT2D eigenvalue weighted by Crippen LogP contribution is -2.47. The third-order valence-corrected chi connectivity index (χ3v) is 6.62. The maximum absolute atomic E-state index is 12.6. The van der Waals surface area contributed by atoms with Gasteiger partial charge in [-0.15, -0.1) is 11.8 Å². The van der Waals surface area contributed by atoms with E-state index in [-0.39, 0.29) is 19.1 Å². The van der Waals surface area contributed by atoms with Crippen molar-refractivity contribution >= 4 is 35.6 Å². The molecule has 1 aromatic carbocycles. The Hall–Kier alpha value is -2.55. The zero-order valence-electron chi connectivity index (χ0n) is 14.5. The summed E-state index contributed by atoms with van der Waals surface area (Å²) in [6.45, 7) is -0.259. The van der Waals surface area contributed by atoms with E-state index in [9.17, 15) is 19.2 Å². The fraction of sp³-hybridized carbons (Fsp3) is 0.444. The van der Waals surface area contributed by atoms with Crippen molar-refractivity contribution in [2.24, 2.45) is 0 Å². The largest absolute Gasteiger partial charge is 0.454 e. The Kier molecular flexibility index (Phi) is 4.55. The molecule has 142 valence electrons. The van der Waals surface area contributed by atoms with E-state index in [1.54, 1.807) is 16.7 Å². The summed E-state index contributed by atoms with van der Waals surface area (Å²) in [7, 11) is 0. The molecule has 1 aromatic rings. The fourth-order valence-corrected chi connectivity index (χ4v) is 5.38. The van der Waals surface area contributed by atoms with E-state index in [1.807, 2.05) is 30.3 Å². The lowest BCUT2D eigenvalue weighted by atomic mass is 10.0. The summed E-state index contributed by atoms with van der Waals surface area (Å²) >= 11 is 1.55. The predicted octanol–water partition coefficient (Wildman–Crippen LogP) is 1.10. The first kappa shape index (κ1) is 17.8. The number of hydrogen-bond donors (Lipinski definition) is 0. The molecule has 4 rings (SSSR count). The highest BCUT2D eigenvalue weighted by Crippen LogP contribution is 2.54. The van der Waals surface area contributed by atoms with Crippen molar-refractivity contribution in [2.75, 3.05) is 25.5 Å². The minimum absolute atomic E-state index is 0.0970. The summed E-state index contributed by atoms with van der Waals surface area (Å²) < 4.78 is 9.84. The van der Waals surface area contributed by atoms with Crippen molar-refractivity contribution in [3.63, 3.8) is 0 Å². The van der Waals surface area contributed by atoms with Crippen LogP contribution in [0.4, 0.5) is 4.79 Å². The summed E-state index contributed by atoms with van der Waals surface area (Å²) in [5.41, 5.74) is 0.979. The first-order valence-electron chi connectivity index (χ1n) is 8.68. The van der Waals surface area contributed by atoms with Gasteiger partial charge in [-0.05, 0) is 12.0 Å². The summed E-state index contributed by atoms with van der Waals surface area (Å²) in [5, 5.41) is 0. The van der Waals surface area contributed by atoms with E-state index in [4.69, 9.17) is 9.47 Å². The Balaban J connectivity index is 1.46. The molecule has 0 aromatic heterocycles. The maximum Gasteiger partial charge on any atom is 0.416 e. The number of amides is 3. The van der Waals surface area contributed by atoms with Gasteiger partial charge in [0.1, 0.15) is 17.5 Å². The Labute approximate surface area is 159 Å². The fourth-order valence-electron chi connectivity index (χ4n) is 3.74. The topological polar surface area (TPSA) is 93.2 Å². The van der Waals surface area contributed by atoms with Crippen LogP contribution in [-0.4, -0.2) is 65.2 Å². The molecule has 0 aliphatic carbocycles. The molecule has 0 N–H and O–H groups in total. The Morgan fingerprint density at radius 1 is 1.26 bits per heavy atom. The van der Waals surface area contributed by atoms with Crippen LogP contribution in [0.15, 0.2) is 30.3 Å². The van der Waals surface area contributed by atoms with Gasteiger partial charge in [-0.2, -0.15) is 0 Å². The molecular formula is C18H18N2O6S. The standard InChI is InChI=1S/C18H18N2O6S/c21-14-6-7-18(12-4-2-1-3-5-12)20(14)13(11-27-18)16(23)26-10-15(22)19-8-9-25-17(19)24/h1-5,13H,6-11H2/t13-,18+/m1/s1. The van der Waals surface area contributed by atoms with Gasteiger partial charge < -0.3 is 14.4 Å². The van der Waals surface area contributed by atoms with E-state index >= 15 is 0 Å². The van der Waals surface area contributed by atoms with Crippen LogP contribution in [0.1, 0.15) is 18.4 Å². The monoisotopic (exact) mass is 390 g/mol. The number of fused-ring (bicyclic) bond motifs is 1. The lowest BCUT2D eigenvalue weighted by Gasteiger charge is -2.33. The second kappa shape index (κ2) is 6.88. The van der Waals surface area contributed by atoms with Crippen LogP contribution in [0.2, 0.25) is 0 Å². The van der Waals surface area contributed by atoms with E-state index in [1.165, 1.54) is 0 Å². The molecule has 27 heavy (non-hydrogen) atoms. The van der Waals surface area contributed by atoms with E-state index in [2.05, 4.69) is 0 Å². The second-order valence-electron chi connectivity index (χ2n) is 6.51. The van der Waals surface area contributed by atoms with Gasteiger partial charge in [0.15, 0.2) is 6.61 Å². The highest BCUT2D eigenvalue weighted by Gasteiger charge is 2.57. The number of ether oxygens (including phenoxy) is 2. The highest BCUT2D eigenvalue weighted by molar-refractivity contribution is 8.00. The minimum atomic E-state index is -0.747. The lowest BCUT2D eigenvalue weighted by molar-refractivity contribution is -0.157. The van der Waals surface area contributed by atoms with Crippen LogP contribution < -0.4 is 0 Å². The molecular weight excluding hydrogens is 372 g/mol. The summed E-state index contributed by atoms with van der Waals surface area (Å²) in [5.74, 6) is -0.949. The van der Waals surface area contributed by atoms with Gasteiger partial charge >= 0.3 is 12.1 Å². The number of carbonyl (C=O) groups is 4. The number of benzene rings is 1. The number of rotatable bonds is 4. The van der Waals surface area contributed by atoms with Crippen LogP contribution in [-0.2, 0) is 28.7 Å². The molecule has 3 amide bonds. The highest BCUT2D eigenvalue weighted by atomic mass is 32.2. The van der Waals surface area contributed by atoms with Crippen molar-refractivity contribution in [1.29, 1.82) is 0 Å². The van der Waals surface area contributed by atoms with Crippen LogP contribution >= 0.6 is 11.8 Å². The van der Waals surface area contributed by atoms with Crippen molar-refractivity contribution in [3.05, 3.63) is 35.9 Å². The zero-order chi connectivity index (χ0) is 19.0. The van der Waals surface area contributed by atoms with Crippen molar-refractivity contribution in [2.45, 2.75) is 23.8 Å². The first-order chi connectivity index (χ1) is 13.0. The van der Waals surface area contributed by atoms with Crippen LogP contribution in [0.25, 0.3) is 0 Å². The molecule has 3 aliphatic rings. The second-order valence-corrected chi connectivity index (χ2v) is 7.81. The van der Waals surface area contributed by atoms with Gasteiger partial charge in [-0.25, -0.2) is 14.5 Å². The molecule has 0 unspecified atom stereocenters. The van der Waals surface area contributed by atoms with Gasteiger partial charge in [0.05, 0.1) is 6.54 Å². The molecule has 8 nitrogen and oxygen atoms in total. The van der Waals surface area contributed by atoms with Crippen molar-refractivity contribution in [3.8, 4) is 0 Å². The molecule has 3 fully saturated rings. The summed E-state index contributed by atoms with van der Waals surface area (Å²) in [6.07, 6.45) is 0.262. The zero-order valence-corrected chi connectivity index (χ0v) is 15.3. The molecule has 0 radical (unpaired) electrons. The average Bonchev–Trinajstić information content (AvgIpc) is 3.36. The van der Waals surface area contributed by atoms with Crippen LogP contribution in [0.5, 0.6) is 0 Å². The number of imide groups is 1. The summed E-state index contributed by atoms with van der Waals surface area (Å²) in [6, 6.07) is 8.88. The van der Waals surface area contributed by atoms with Crippen LogP contribution in [0.3, 0.4) is 0 Å². The number of nitrogens with zero attached hydrogens (tertiary/aromatic N) is 2. The van der Waals surface area contributed by atoms with Gasteiger partial charge in [-0.3, -0.25) is 9.59 Å². The molecule has 0 bridgehead atoms. The molecule has 2 atom stereocenters. The Morgan fingerprint density at radius 2 is 2.04 bits per heavy atom. The van der Waals surface area contributed by atoms with Gasteiger partial charge in [0.25, 0.3) is 5.91 Å². The first-order valence-corrected chi connectivity index (χ1v) is 9.67. The molecule has 3 heterocycles. The van der Waals surface area contributed by atoms with Crippen molar-refractivity contribution in [1.82, 2.24) is 9.80 Å². The quantitative estimate of drug-likeness (QED) is 0.711. The molecule has 9 heteroatoms. The Morgan fingerprint density at radius 3 is 2.74 bits per heavy atom. The number of carbonyl (C=O) groups excluding carboxylic acids is 4. The molecule has 0 saturated carbocycles. The SMILES string of the molecule is O=C(OCC(=O)N1CCOC1=O)[C@H]1CS[C@]2(c3ccccc3)CCC(=O)N12. The van der Waals surface area contributed by atoms with Gasteiger partial charge in [0.2, 0.25) is 5.91 Å². The number of thioether (sulfide) groups is 1. The summed E-state index contributed by atoms with van der Waals surface area (Å²) in [4.78, 5) is 50.5. The van der Waals surface area contributed by atoms with E-state index in [0.717, 1.165) is 10.5 Å². The predicted molar refractivity (Wildman–Crippen MR) is 94.5 cm³/mol. The van der Waals surface area contributed by atoms with Gasteiger partial charge in [-0.1, -0.05) is 30.3 Å². The molecule has 0 spiro atoms.